The van der Waals surface area contributed by atoms with Gasteiger partial charge in [0.05, 0.1) is 6.61 Å². The molecular formula is C9H10OS. The smallest absolute Gasteiger partial charge is 0.0747 e. The van der Waals surface area contributed by atoms with Gasteiger partial charge >= 0.3 is 0 Å². The first-order valence-electron chi connectivity index (χ1n) is 3.49. The number of benzene rings is 1. The van der Waals surface area contributed by atoms with Crippen molar-refractivity contribution in [3.63, 3.8) is 0 Å². The Kier molecular flexibility index (Phi) is 3.20. The van der Waals surface area contributed by atoms with Crippen molar-refractivity contribution in [3.05, 3.63) is 35.9 Å². The highest BCUT2D eigenvalue weighted by Gasteiger charge is 1.95. The minimum Gasteiger partial charge on any atom is -0.391 e. The van der Waals surface area contributed by atoms with E-state index in [0.29, 0.717) is 11.3 Å². The molecule has 2 heteroatoms. The maximum atomic E-state index is 8.65. The molecule has 0 saturated carbocycles. The average molecular weight is 166 g/mol. The zero-order valence-corrected chi connectivity index (χ0v) is 6.97. The second-order valence-corrected chi connectivity index (χ2v) is 2.94. The lowest BCUT2D eigenvalue weighted by Crippen LogP contribution is -2.04. The lowest BCUT2D eigenvalue weighted by atomic mass is 10.1. The van der Waals surface area contributed by atoms with Crippen LogP contribution in [0.4, 0.5) is 0 Å². The molecule has 0 unspecified atom stereocenters. The van der Waals surface area contributed by atoms with Gasteiger partial charge in [0.25, 0.3) is 0 Å². The zero-order chi connectivity index (χ0) is 8.10. The molecule has 11 heavy (non-hydrogen) atoms. The van der Waals surface area contributed by atoms with Gasteiger partial charge in [0.1, 0.15) is 0 Å². The summed E-state index contributed by atoms with van der Waals surface area (Å²) in [6.45, 7) is 0.00419. The average Bonchev–Trinajstić information content (AvgIpc) is 2.06. The third-order valence-electron chi connectivity index (χ3n) is 1.42. The third kappa shape index (κ3) is 2.78. The van der Waals surface area contributed by atoms with Crippen molar-refractivity contribution in [1.82, 2.24) is 0 Å². The molecule has 1 rings (SSSR count). The Balaban J connectivity index is 2.58. The van der Waals surface area contributed by atoms with Crippen LogP contribution in [0.3, 0.4) is 0 Å². The van der Waals surface area contributed by atoms with Crippen LogP contribution in [0.1, 0.15) is 5.56 Å². The predicted octanol–water partition coefficient (Wildman–Crippen LogP) is 1.59. The van der Waals surface area contributed by atoms with Crippen LogP contribution in [0.15, 0.2) is 30.3 Å². The molecule has 0 aliphatic carbocycles. The number of aliphatic hydroxyl groups is 1. The number of hydrogen-bond acceptors (Lipinski definition) is 2. The SMILES string of the molecule is OCC(=S)Cc1ccccc1. The van der Waals surface area contributed by atoms with E-state index in [1.54, 1.807) is 0 Å². The molecule has 0 radical (unpaired) electrons. The summed E-state index contributed by atoms with van der Waals surface area (Å²) in [7, 11) is 0. The topological polar surface area (TPSA) is 20.2 Å². The summed E-state index contributed by atoms with van der Waals surface area (Å²) < 4.78 is 0. The molecule has 0 atom stereocenters. The van der Waals surface area contributed by atoms with Crippen molar-refractivity contribution >= 4 is 17.1 Å². The molecule has 0 aliphatic heterocycles. The van der Waals surface area contributed by atoms with E-state index in [4.69, 9.17) is 17.3 Å². The van der Waals surface area contributed by atoms with E-state index in [0.717, 1.165) is 5.56 Å². The van der Waals surface area contributed by atoms with Crippen molar-refractivity contribution in [2.24, 2.45) is 0 Å². The number of thiocarbonyl (C=S) groups is 1. The standard InChI is InChI=1S/C9H10OS/c10-7-9(11)6-8-4-2-1-3-5-8/h1-5,10H,6-7H2. The van der Waals surface area contributed by atoms with E-state index in [-0.39, 0.29) is 6.61 Å². The molecule has 0 amide bonds. The summed E-state index contributed by atoms with van der Waals surface area (Å²) >= 11 is 4.89. The van der Waals surface area contributed by atoms with Crippen LogP contribution in [0.25, 0.3) is 0 Å². The van der Waals surface area contributed by atoms with Gasteiger partial charge in [0, 0.05) is 11.3 Å². The Morgan fingerprint density at radius 3 is 2.45 bits per heavy atom. The van der Waals surface area contributed by atoms with E-state index in [1.165, 1.54) is 0 Å². The molecule has 0 aliphatic rings. The van der Waals surface area contributed by atoms with E-state index in [2.05, 4.69) is 0 Å². The van der Waals surface area contributed by atoms with Crippen LogP contribution in [-0.2, 0) is 6.42 Å². The lowest BCUT2D eigenvalue weighted by molar-refractivity contribution is 0.358. The van der Waals surface area contributed by atoms with Crippen molar-refractivity contribution in [2.45, 2.75) is 6.42 Å². The number of aliphatic hydroxyl groups excluding tert-OH is 1. The number of hydrogen-bond donors (Lipinski definition) is 1. The van der Waals surface area contributed by atoms with E-state index < -0.39 is 0 Å². The fraction of sp³-hybridized carbons (Fsp3) is 0.222. The van der Waals surface area contributed by atoms with Crippen LogP contribution in [0.2, 0.25) is 0 Å². The van der Waals surface area contributed by atoms with Gasteiger partial charge in [0.2, 0.25) is 0 Å². The Bertz CT molecular complexity index is 231. The van der Waals surface area contributed by atoms with Gasteiger partial charge in [-0.05, 0) is 5.56 Å². The molecule has 0 fully saturated rings. The molecule has 0 heterocycles. The van der Waals surface area contributed by atoms with Crippen LogP contribution < -0.4 is 0 Å². The zero-order valence-electron chi connectivity index (χ0n) is 6.16. The Morgan fingerprint density at radius 1 is 1.27 bits per heavy atom. The predicted molar refractivity (Wildman–Crippen MR) is 49.8 cm³/mol. The van der Waals surface area contributed by atoms with Crippen molar-refractivity contribution in [3.8, 4) is 0 Å². The monoisotopic (exact) mass is 166 g/mol. The van der Waals surface area contributed by atoms with Gasteiger partial charge in [-0.3, -0.25) is 0 Å². The van der Waals surface area contributed by atoms with Gasteiger partial charge < -0.3 is 5.11 Å². The molecule has 58 valence electrons. The summed E-state index contributed by atoms with van der Waals surface area (Å²) in [5.74, 6) is 0. The highest BCUT2D eigenvalue weighted by molar-refractivity contribution is 7.80. The highest BCUT2D eigenvalue weighted by atomic mass is 32.1. The maximum absolute atomic E-state index is 8.65. The van der Waals surface area contributed by atoms with Gasteiger partial charge in [-0.1, -0.05) is 42.5 Å². The fourth-order valence-corrected chi connectivity index (χ4v) is 1.05. The summed E-state index contributed by atoms with van der Waals surface area (Å²) in [5, 5.41) is 8.65. The van der Waals surface area contributed by atoms with Crippen LogP contribution in [0, 0.1) is 0 Å². The van der Waals surface area contributed by atoms with Crippen LogP contribution in [-0.4, -0.2) is 16.6 Å². The largest absolute Gasteiger partial charge is 0.391 e. The molecule has 0 bridgehead atoms. The molecule has 1 N–H and O–H groups in total. The molecule has 1 aromatic rings. The summed E-state index contributed by atoms with van der Waals surface area (Å²) in [6, 6.07) is 9.90. The first kappa shape index (κ1) is 8.37. The minimum atomic E-state index is 0.00419. The molecule has 1 nitrogen and oxygen atoms in total. The first-order valence-corrected chi connectivity index (χ1v) is 3.90. The molecular weight excluding hydrogens is 156 g/mol. The molecule has 1 aromatic carbocycles. The van der Waals surface area contributed by atoms with Crippen molar-refractivity contribution < 1.29 is 5.11 Å². The maximum Gasteiger partial charge on any atom is 0.0747 e. The molecule has 0 saturated heterocycles. The molecule has 0 spiro atoms. The van der Waals surface area contributed by atoms with Crippen molar-refractivity contribution in [1.29, 1.82) is 0 Å². The van der Waals surface area contributed by atoms with E-state index >= 15 is 0 Å². The Hall–Kier alpha value is -0.730. The first-order chi connectivity index (χ1) is 5.33. The van der Waals surface area contributed by atoms with Gasteiger partial charge in [-0.2, -0.15) is 0 Å². The van der Waals surface area contributed by atoms with E-state index in [9.17, 15) is 0 Å². The summed E-state index contributed by atoms with van der Waals surface area (Å²) in [4.78, 5) is 0.691. The molecule has 0 aromatic heterocycles. The number of rotatable bonds is 3. The second-order valence-electron chi connectivity index (χ2n) is 2.36. The van der Waals surface area contributed by atoms with Gasteiger partial charge in [0.15, 0.2) is 0 Å². The van der Waals surface area contributed by atoms with Crippen LogP contribution in [0.5, 0.6) is 0 Å². The quantitative estimate of drug-likeness (QED) is 0.688. The second kappa shape index (κ2) is 4.21. The van der Waals surface area contributed by atoms with Crippen LogP contribution >= 0.6 is 12.2 Å². The normalized spacial score (nSPS) is 9.55. The highest BCUT2D eigenvalue weighted by Crippen LogP contribution is 2.00. The Labute approximate surface area is 71.7 Å². The lowest BCUT2D eigenvalue weighted by Gasteiger charge is -1.98. The fourth-order valence-electron chi connectivity index (χ4n) is 0.879. The third-order valence-corrected chi connectivity index (χ3v) is 1.69. The van der Waals surface area contributed by atoms with E-state index in [1.807, 2.05) is 30.3 Å². The Morgan fingerprint density at radius 2 is 1.91 bits per heavy atom. The summed E-state index contributed by atoms with van der Waals surface area (Å²) in [6.07, 6.45) is 0.701. The minimum absolute atomic E-state index is 0.00419. The van der Waals surface area contributed by atoms with Gasteiger partial charge in [-0.25, -0.2) is 0 Å². The van der Waals surface area contributed by atoms with Crippen molar-refractivity contribution in [2.75, 3.05) is 6.61 Å². The van der Waals surface area contributed by atoms with Gasteiger partial charge in [-0.15, -0.1) is 0 Å². The summed E-state index contributed by atoms with van der Waals surface area (Å²) in [5.41, 5.74) is 1.16.